The van der Waals surface area contributed by atoms with Crippen molar-refractivity contribution in [2.24, 2.45) is 11.0 Å². The lowest BCUT2D eigenvalue weighted by Gasteiger charge is -2.30. The van der Waals surface area contributed by atoms with Crippen LogP contribution in [0.4, 0.5) is 0 Å². The molecule has 1 aromatic rings. The van der Waals surface area contributed by atoms with Crippen molar-refractivity contribution >= 4 is 23.5 Å². The summed E-state index contributed by atoms with van der Waals surface area (Å²) < 4.78 is 10.8. The van der Waals surface area contributed by atoms with E-state index in [4.69, 9.17) is 21.7 Å². The minimum Gasteiger partial charge on any atom is -0.493 e. The predicted molar refractivity (Wildman–Crippen MR) is 102 cm³/mol. The van der Waals surface area contributed by atoms with E-state index < -0.39 is 0 Å². The summed E-state index contributed by atoms with van der Waals surface area (Å²) >= 11 is 5.33. The summed E-state index contributed by atoms with van der Waals surface area (Å²) in [5.74, 6) is 2.07. The Hall–Kier alpha value is -1.82. The van der Waals surface area contributed by atoms with Gasteiger partial charge in [0.15, 0.2) is 16.6 Å². The average molecular weight is 350 g/mol. The van der Waals surface area contributed by atoms with Crippen LogP contribution >= 0.6 is 12.2 Å². The zero-order chi connectivity index (χ0) is 17.4. The molecule has 1 fully saturated rings. The van der Waals surface area contributed by atoms with Gasteiger partial charge in [-0.3, -0.25) is 5.43 Å². The Morgan fingerprint density at radius 1 is 1.33 bits per heavy atom. The van der Waals surface area contributed by atoms with Gasteiger partial charge in [0.05, 0.1) is 19.9 Å². The first-order valence-corrected chi connectivity index (χ1v) is 8.95. The topological polar surface area (TPSA) is 54.9 Å². The van der Waals surface area contributed by atoms with E-state index in [1.807, 2.05) is 25.1 Å². The molecule has 1 aliphatic rings. The number of thiocarbonyl (C=S) groups is 1. The summed E-state index contributed by atoms with van der Waals surface area (Å²) in [6.45, 7) is 4.82. The molecule has 5 nitrogen and oxygen atoms in total. The molecule has 0 amide bonds. The maximum atomic E-state index is 5.50. The SMILES string of the molecule is CCOc1ccc(/C=N\NC(=S)N[C@@H]2CCCC[C@H]2C)cc1OC. The second-order valence-corrected chi connectivity index (χ2v) is 6.46. The van der Waals surface area contributed by atoms with Gasteiger partial charge in [0.25, 0.3) is 0 Å². The number of benzene rings is 1. The van der Waals surface area contributed by atoms with Gasteiger partial charge in [0, 0.05) is 6.04 Å². The van der Waals surface area contributed by atoms with Gasteiger partial charge in [-0.1, -0.05) is 19.8 Å². The van der Waals surface area contributed by atoms with Crippen LogP contribution in [0.2, 0.25) is 0 Å². The van der Waals surface area contributed by atoms with Gasteiger partial charge in [-0.25, -0.2) is 0 Å². The molecule has 24 heavy (non-hydrogen) atoms. The standard InChI is InChI=1S/C18H27N3O2S/c1-4-23-16-10-9-14(11-17(16)22-3)12-19-21-18(24)20-15-8-6-5-7-13(15)2/h9-13,15H,4-8H2,1-3H3,(H2,20,21,24)/b19-12-/t13-,15-/m1/s1. The van der Waals surface area contributed by atoms with Crippen LogP contribution in [0.5, 0.6) is 11.5 Å². The Balaban J connectivity index is 1.87. The Kier molecular flexibility index (Phi) is 7.31. The number of hydrazone groups is 1. The molecule has 2 atom stereocenters. The fourth-order valence-corrected chi connectivity index (χ4v) is 3.14. The molecular formula is C18H27N3O2S. The Morgan fingerprint density at radius 2 is 2.12 bits per heavy atom. The molecular weight excluding hydrogens is 322 g/mol. The summed E-state index contributed by atoms with van der Waals surface area (Å²) in [4.78, 5) is 0. The van der Waals surface area contributed by atoms with Crippen molar-refractivity contribution in [2.75, 3.05) is 13.7 Å². The van der Waals surface area contributed by atoms with E-state index in [1.165, 1.54) is 25.7 Å². The van der Waals surface area contributed by atoms with E-state index in [-0.39, 0.29) is 0 Å². The fourth-order valence-electron chi connectivity index (χ4n) is 2.94. The molecule has 0 saturated heterocycles. The Morgan fingerprint density at radius 3 is 2.83 bits per heavy atom. The normalized spacial score (nSPS) is 20.6. The van der Waals surface area contributed by atoms with Crippen molar-refractivity contribution in [3.05, 3.63) is 23.8 Å². The molecule has 0 spiro atoms. The smallest absolute Gasteiger partial charge is 0.187 e. The molecule has 0 aliphatic heterocycles. The van der Waals surface area contributed by atoms with Gasteiger partial charge in [-0.05, 0) is 61.7 Å². The van der Waals surface area contributed by atoms with Gasteiger partial charge < -0.3 is 14.8 Å². The highest BCUT2D eigenvalue weighted by molar-refractivity contribution is 7.80. The molecule has 1 aromatic carbocycles. The minimum absolute atomic E-state index is 0.444. The molecule has 0 heterocycles. The van der Waals surface area contributed by atoms with Crippen LogP contribution in [-0.4, -0.2) is 31.1 Å². The van der Waals surface area contributed by atoms with Gasteiger partial charge in [0.2, 0.25) is 0 Å². The first-order valence-electron chi connectivity index (χ1n) is 8.54. The van der Waals surface area contributed by atoms with E-state index in [9.17, 15) is 0 Å². The largest absolute Gasteiger partial charge is 0.493 e. The van der Waals surface area contributed by atoms with Crippen molar-refractivity contribution in [3.63, 3.8) is 0 Å². The zero-order valence-corrected chi connectivity index (χ0v) is 15.5. The maximum Gasteiger partial charge on any atom is 0.187 e. The highest BCUT2D eigenvalue weighted by Gasteiger charge is 2.21. The monoisotopic (exact) mass is 349 g/mol. The van der Waals surface area contributed by atoms with E-state index >= 15 is 0 Å². The number of nitrogens with zero attached hydrogens (tertiary/aromatic N) is 1. The molecule has 0 bridgehead atoms. The van der Waals surface area contributed by atoms with Crippen molar-refractivity contribution in [2.45, 2.75) is 45.6 Å². The first kappa shape index (κ1) is 18.5. The van der Waals surface area contributed by atoms with Gasteiger partial charge in [0.1, 0.15) is 0 Å². The Labute approximate surface area is 149 Å². The molecule has 2 N–H and O–H groups in total. The van der Waals surface area contributed by atoms with Gasteiger partial charge in [-0.2, -0.15) is 5.10 Å². The highest BCUT2D eigenvalue weighted by atomic mass is 32.1. The van der Waals surface area contributed by atoms with E-state index in [1.54, 1.807) is 13.3 Å². The van der Waals surface area contributed by atoms with E-state index in [0.717, 1.165) is 11.3 Å². The molecule has 1 aliphatic carbocycles. The third kappa shape index (κ3) is 5.37. The molecule has 132 valence electrons. The van der Waals surface area contributed by atoms with Crippen LogP contribution < -0.4 is 20.2 Å². The van der Waals surface area contributed by atoms with Gasteiger partial charge >= 0.3 is 0 Å². The van der Waals surface area contributed by atoms with Crippen molar-refractivity contribution in [1.29, 1.82) is 0 Å². The lowest BCUT2D eigenvalue weighted by Crippen LogP contribution is -2.44. The number of methoxy groups -OCH3 is 1. The summed E-state index contributed by atoms with van der Waals surface area (Å²) in [5.41, 5.74) is 3.81. The summed E-state index contributed by atoms with van der Waals surface area (Å²) in [7, 11) is 1.63. The molecule has 6 heteroatoms. The highest BCUT2D eigenvalue weighted by Crippen LogP contribution is 2.27. The van der Waals surface area contributed by atoms with Gasteiger partial charge in [-0.15, -0.1) is 0 Å². The lowest BCUT2D eigenvalue weighted by molar-refractivity contribution is 0.308. The fraction of sp³-hybridized carbons (Fsp3) is 0.556. The summed E-state index contributed by atoms with van der Waals surface area (Å²) in [6.07, 6.45) is 6.73. The lowest BCUT2D eigenvalue weighted by atomic mass is 9.86. The third-order valence-corrected chi connectivity index (χ3v) is 4.50. The molecule has 1 saturated carbocycles. The maximum absolute atomic E-state index is 5.50. The zero-order valence-electron chi connectivity index (χ0n) is 14.7. The van der Waals surface area contributed by atoms with Crippen LogP contribution in [-0.2, 0) is 0 Å². The van der Waals surface area contributed by atoms with Crippen LogP contribution in [0.25, 0.3) is 0 Å². The minimum atomic E-state index is 0.444. The van der Waals surface area contributed by atoms with E-state index in [2.05, 4.69) is 22.8 Å². The number of nitrogens with one attached hydrogen (secondary N) is 2. The van der Waals surface area contributed by atoms with Crippen molar-refractivity contribution < 1.29 is 9.47 Å². The van der Waals surface area contributed by atoms with Crippen LogP contribution in [0, 0.1) is 5.92 Å². The van der Waals surface area contributed by atoms with E-state index in [0.29, 0.717) is 29.4 Å². The summed E-state index contributed by atoms with van der Waals surface area (Å²) in [6, 6.07) is 6.14. The number of ether oxygens (including phenoxy) is 2. The number of hydrogen-bond acceptors (Lipinski definition) is 4. The molecule has 2 rings (SSSR count). The quantitative estimate of drug-likeness (QED) is 0.468. The second kappa shape index (κ2) is 9.47. The van der Waals surface area contributed by atoms with Crippen LogP contribution in [0.3, 0.4) is 0 Å². The molecule has 0 radical (unpaired) electrons. The first-order chi connectivity index (χ1) is 11.6. The third-order valence-electron chi connectivity index (χ3n) is 4.30. The van der Waals surface area contributed by atoms with Crippen LogP contribution in [0.15, 0.2) is 23.3 Å². The van der Waals surface area contributed by atoms with Crippen LogP contribution in [0.1, 0.15) is 45.1 Å². The number of rotatable bonds is 6. The summed E-state index contributed by atoms with van der Waals surface area (Å²) in [5, 5.41) is 8.15. The van der Waals surface area contributed by atoms with Crippen molar-refractivity contribution in [3.8, 4) is 11.5 Å². The average Bonchev–Trinajstić information content (AvgIpc) is 2.58. The molecule has 0 aromatic heterocycles. The second-order valence-electron chi connectivity index (χ2n) is 6.06. The predicted octanol–water partition coefficient (Wildman–Crippen LogP) is 3.47. The molecule has 0 unspecified atom stereocenters. The Bertz CT molecular complexity index is 577. The number of hydrogen-bond donors (Lipinski definition) is 2. The van der Waals surface area contributed by atoms with Crippen molar-refractivity contribution in [1.82, 2.24) is 10.7 Å².